The van der Waals surface area contributed by atoms with Gasteiger partial charge >= 0.3 is 0 Å². The number of aromatic nitrogens is 1. The number of anilines is 1. The summed E-state index contributed by atoms with van der Waals surface area (Å²) in [6.45, 7) is 10.1. The zero-order chi connectivity index (χ0) is 24.0. The fraction of sp³-hybridized carbons (Fsp3) is 0.346. The van der Waals surface area contributed by atoms with E-state index in [1.807, 2.05) is 38.1 Å². The molecule has 1 saturated carbocycles. The Morgan fingerprint density at radius 2 is 2.06 bits per heavy atom. The van der Waals surface area contributed by atoms with Gasteiger partial charge in [-0.15, -0.1) is 0 Å². The van der Waals surface area contributed by atoms with Gasteiger partial charge in [0.2, 0.25) is 5.91 Å². The van der Waals surface area contributed by atoms with Crippen LogP contribution in [0.4, 0.5) is 5.82 Å². The minimum absolute atomic E-state index is 0.0431. The number of amides is 1. The molecule has 0 aliphatic heterocycles. The van der Waals surface area contributed by atoms with Gasteiger partial charge in [-0.3, -0.25) is 9.79 Å². The van der Waals surface area contributed by atoms with Crippen LogP contribution in [0.3, 0.4) is 0 Å². The molecule has 0 radical (unpaired) electrons. The van der Waals surface area contributed by atoms with Crippen molar-refractivity contribution in [3.63, 3.8) is 0 Å². The molecule has 2 unspecified atom stereocenters. The average molecular weight is 468 g/mol. The number of hydrogen-bond acceptors (Lipinski definition) is 5. The molecular formula is C26H30ClN3O3. The van der Waals surface area contributed by atoms with E-state index in [9.17, 15) is 9.90 Å². The first-order chi connectivity index (χ1) is 15.7. The summed E-state index contributed by atoms with van der Waals surface area (Å²) in [5.74, 6) is 0.711. The zero-order valence-electron chi connectivity index (χ0n) is 19.3. The highest BCUT2D eigenvalue weighted by Crippen LogP contribution is 2.55. The monoisotopic (exact) mass is 467 g/mol. The molecule has 6 nitrogen and oxygen atoms in total. The molecule has 33 heavy (non-hydrogen) atoms. The Morgan fingerprint density at radius 3 is 2.67 bits per heavy atom. The maximum atomic E-state index is 13.1. The van der Waals surface area contributed by atoms with E-state index in [1.54, 1.807) is 12.3 Å². The number of carbonyl (C=O) groups excluding carboxylic acids is 1. The van der Waals surface area contributed by atoms with Crippen molar-refractivity contribution in [2.75, 3.05) is 11.9 Å². The molecule has 1 aromatic carbocycles. The van der Waals surface area contributed by atoms with Gasteiger partial charge in [-0.1, -0.05) is 43.7 Å². The van der Waals surface area contributed by atoms with Crippen molar-refractivity contribution in [2.45, 2.75) is 45.4 Å². The van der Waals surface area contributed by atoms with Crippen LogP contribution in [0.1, 0.15) is 45.6 Å². The predicted octanol–water partition coefficient (Wildman–Crippen LogP) is 6.03. The first-order valence-corrected chi connectivity index (χ1v) is 11.4. The Balaban J connectivity index is 1.84. The first kappa shape index (κ1) is 24.5. The van der Waals surface area contributed by atoms with Gasteiger partial charge < -0.3 is 15.2 Å². The van der Waals surface area contributed by atoms with E-state index in [4.69, 9.17) is 16.3 Å². The Bertz CT molecular complexity index is 1060. The third-order valence-corrected chi connectivity index (χ3v) is 6.00. The number of pyridine rings is 1. The third-order valence-electron chi connectivity index (χ3n) is 5.74. The number of ether oxygens (including phenoxy) is 1. The van der Waals surface area contributed by atoms with Gasteiger partial charge in [0.25, 0.3) is 0 Å². The first-order valence-electron chi connectivity index (χ1n) is 11.0. The lowest BCUT2D eigenvalue weighted by molar-refractivity contribution is -0.118. The maximum absolute atomic E-state index is 13.1. The fourth-order valence-corrected chi connectivity index (χ4v) is 3.94. The van der Waals surface area contributed by atoms with Gasteiger partial charge in [0, 0.05) is 16.1 Å². The molecule has 1 aliphatic rings. The second-order valence-corrected chi connectivity index (χ2v) is 8.92. The Morgan fingerprint density at radius 1 is 1.33 bits per heavy atom. The molecule has 0 saturated heterocycles. The van der Waals surface area contributed by atoms with Gasteiger partial charge in [-0.25, -0.2) is 4.98 Å². The minimum Gasteiger partial charge on any atom is -0.506 e. The summed E-state index contributed by atoms with van der Waals surface area (Å²) >= 11 is 6.10. The number of aliphatic imine (C=N–C) groups is 1. The third kappa shape index (κ3) is 6.23. The van der Waals surface area contributed by atoms with Crippen LogP contribution in [0.2, 0.25) is 5.02 Å². The molecule has 174 valence electrons. The second kappa shape index (κ2) is 10.7. The maximum Gasteiger partial charge on any atom is 0.229 e. The highest BCUT2D eigenvalue weighted by atomic mass is 35.5. The van der Waals surface area contributed by atoms with Crippen LogP contribution in [0.15, 0.2) is 71.2 Å². The van der Waals surface area contributed by atoms with Crippen LogP contribution in [-0.4, -0.2) is 28.8 Å². The topological polar surface area (TPSA) is 83.8 Å². The largest absolute Gasteiger partial charge is 0.506 e. The predicted molar refractivity (Wildman–Crippen MR) is 133 cm³/mol. The number of nitrogens with one attached hydrogen (secondary N) is 1. The normalized spacial score (nSPS) is 20.3. The molecule has 2 N–H and O–H groups in total. The Hall–Kier alpha value is -3.12. The number of carbonyl (C=O) groups is 1. The number of benzene rings is 1. The molecule has 1 aliphatic carbocycles. The zero-order valence-corrected chi connectivity index (χ0v) is 20.0. The molecule has 2 atom stereocenters. The lowest BCUT2D eigenvalue weighted by Gasteiger charge is -2.20. The molecule has 1 amide bonds. The molecule has 3 rings (SSSR count). The van der Waals surface area contributed by atoms with E-state index in [2.05, 4.69) is 28.8 Å². The van der Waals surface area contributed by atoms with Gasteiger partial charge in [-0.05, 0) is 62.1 Å². The van der Waals surface area contributed by atoms with Crippen molar-refractivity contribution in [1.82, 2.24) is 4.98 Å². The summed E-state index contributed by atoms with van der Waals surface area (Å²) in [4.78, 5) is 21.4. The number of hydrogen-bond donors (Lipinski definition) is 2. The van der Waals surface area contributed by atoms with Crippen LogP contribution in [0.5, 0.6) is 5.75 Å². The molecular weight excluding hydrogens is 438 g/mol. The van der Waals surface area contributed by atoms with E-state index in [1.165, 1.54) is 12.3 Å². The molecule has 1 aromatic heterocycles. The van der Waals surface area contributed by atoms with Crippen LogP contribution in [0, 0.1) is 5.92 Å². The Kier molecular flexibility index (Phi) is 7.92. The van der Waals surface area contributed by atoms with Crippen molar-refractivity contribution in [1.29, 1.82) is 0 Å². The van der Waals surface area contributed by atoms with E-state index < -0.39 is 5.41 Å². The average Bonchev–Trinajstić information content (AvgIpc) is 3.51. The standard InChI is InChI=1S/C26H30ClN3O3/c1-5-6-18(4)23(15-28-17(2)3)33-16-26(19-7-9-20(27)10-8-19)13-22(26)25(32)30-24-12-11-21(31)14-29-24/h7-12,14-15,22,31H,2,5-6,13,16H2,1,3-4H3,(H,29,30,32)/b23-18+,28-15?. The van der Waals surface area contributed by atoms with Gasteiger partial charge in [-0.2, -0.15) is 0 Å². The highest BCUT2D eigenvalue weighted by molar-refractivity contribution is 6.30. The number of halogens is 1. The van der Waals surface area contributed by atoms with Gasteiger partial charge in [0.15, 0.2) is 0 Å². The summed E-state index contributed by atoms with van der Waals surface area (Å²) in [7, 11) is 0. The Labute approximate surface area is 200 Å². The number of aromatic hydroxyl groups is 1. The molecule has 1 heterocycles. The van der Waals surface area contributed by atoms with Gasteiger partial charge in [0.1, 0.15) is 17.3 Å². The molecule has 0 bridgehead atoms. The van der Waals surface area contributed by atoms with E-state index in [0.717, 1.165) is 24.0 Å². The van der Waals surface area contributed by atoms with Crippen molar-refractivity contribution in [3.05, 3.63) is 76.8 Å². The molecule has 2 aromatic rings. The number of rotatable bonds is 10. The molecule has 1 fully saturated rings. The van der Waals surface area contributed by atoms with Crippen LogP contribution in [-0.2, 0) is 14.9 Å². The fourth-order valence-electron chi connectivity index (χ4n) is 3.81. The highest BCUT2D eigenvalue weighted by Gasteiger charge is 2.60. The lowest BCUT2D eigenvalue weighted by atomic mass is 9.93. The number of allylic oxidation sites excluding steroid dienone is 3. The van der Waals surface area contributed by atoms with Crippen LogP contribution < -0.4 is 5.32 Å². The second-order valence-electron chi connectivity index (χ2n) is 8.49. The van der Waals surface area contributed by atoms with Gasteiger partial charge in [0.05, 0.1) is 24.9 Å². The van der Waals surface area contributed by atoms with E-state index in [-0.39, 0.29) is 17.6 Å². The summed E-state index contributed by atoms with van der Waals surface area (Å²) in [5.41, 5.74) is 2.30. The molecule has 0 spiro atoms. The summed E-state index contributed by atoms with van der Waals surface area (Å²) in [6.07, 6.45) is 5.53. The summed E-state index contributed by atoms with van der Waals surface area (Å²) in [5, 5.41) is 12.9. The van der Waals surface area contributed by atoms with Crippen LogP contribution >= 0.6 is 11.6 Å². The lowest BCUT2D eigenvalue weighted by Crippen LogP contribution is -2.25. The van der Waals surface area contributed by atoms with Crippen molar-refractivity contribution < 1.29 is 14.6 Å². The van der Waals surface area contributed by atoms with Crippen molar-refractivity contribution in [3.8, 4) is 5.75 Å². The summed E-state index contributed by atoms with van der Waals surface area (Å²) in [6, 6.07) is 10.6. The SMILES string of the molecule is C=C(C)N=C/C(OCC1(c2ccc(Cl)cc2)CC1C(=O)Nc1ccc(O)cn1)=C(/C)CCC. The number of nitrogens with zero attached hydrogens (tertiary/aromatic N) is 2. The van der Waals surface area contributed by atoms with Crippen molar-refractivity contribution in [2.24, 2.45) is 10.9 Å². The molecule has 7 heteroatoms. The van der Waals surface area contributed by atoms with E-state index >= 15 is 0 Å². The van der Waals surface area contributed by atoms with E-state index in [0.29, 0.717) is 35.3 Å². The smallest absolute Gasteiger partial charge is 0.229 e. The summed E-state index contributed by atoms with van der Waals surface area (Å²) < 4.78 is 6.29. The van der Waals surface area contributed by atoms with Crippen molar-refractivity contribution >= 4 is 29.5 Å². The van der Waals surface area contributed by atoms with Crippen LogP contribution in [0.25, 0.3) is 0 Å². The minimum atomic E-state index is -0.486. The quantitative estimate of drug-likeness (QED) is 0.330.